The topological polar surface area (TPSA) is 39.9 Å². The van der Waals surface area contributed by atoms with E-state index in [1.807, 2.05) is 24.3 Å². The van der Waals surface area contributed by atoms with E-state index in [-0.39, 0.29) is 0 Å². The Labute approximate surface area is 90.7 Å². The van der Waals surface area contributed by atoms with Crippen LogP contribution < -0.4 is 4.90 Å². The van der Waals surface area contributed by atoms with E-state index in [0.29, 0.717) is 11.7 Å². The highest BCUT2D eigenvalue weighted by atomic mass is 15.2. The smallest absolute Gasteiger partial charge is 0.142 e. The fraction of sp³-hybridized carbons (Fsp3) is 0.333. The third-order valence-electron chi connectivity index (χ3n) is 2.09. The fourth-order valence-electron chi connectivity index (χ4n) is 1.35. The van der Waals surface area contributed by atoms with Gasteiger partial charge in [-0.15, -0.1) is 6.58 Å². The summed E-state index contributed by atoms with van der Waals surface area (Å²) in [6.07, 6.45) is 1.83. The molecule has 1 rings (SSSR count). The number of anilines is 1. The minimum atomic E-state index is 0.337. The van der Waals surface area contributed by atoms with E-state index >= 15 is 0 Å². The van der Waals surface area contributed by atoms with E-state index in [0.717, 1.165) is 12.4 Å². The lowest BCUT2D eigenvalue weighted by Gasteiger charge is -2.26. The number of hydrogen-bond donors (Lipinski definition) is 0. The van der Waals surface area contributed by atoms with Gasteiger partial charge in [-0.2, -0.15) is 5.26 Å². The van der Waals surface area contributed by atoms with Gasteiger partial charge in [0.05, 0.1) is 0 Å². The van der Waals surface area contributed by atoms with Crippen molar-refractivity contribution < 1.29 is 0 Å². The molecule has 0 aliphatic heterocycles. The van der Waals surface area contributed by atoms with E-state index in [9.17, 15) is 0 Å². The molecule has 0 unspecified atom stereocenters. The monoisotopic (exact) mass is 201 g/mol. The molecule has 0 aromatic carbocycles. The molecule has 0 aliphatic rings. The molecule has 0 atom stereocenters. The minimum absolute atomic E-state index is 0.337. The molecular weight excluding hydrogens is 186 g/mol. The molecule has 0 bridgehead atoms. The second-order valence-electron chi connectivity index (χ2n) is 3.53. The maximum atomic E-state index is 8.76. The number of nitriles is 1. The average molecular weight is 201 g/mol. The van der Waals surface area contributed by atoms with Crippen molar-refractivity contribution in [2.75, 3.05) is 11.4 Å². The van der Waals surface area contributed by atoms with Gasteiger partial charge in [0.15, 0.2) is 0 Å². The second-order valence-corrected chi connectivity index (χ2v) is 3.53. The van der Waals surface area contributed by atoms with Gasteiger partial charge in [-0.1, -0.05) is 12.1 Å². The number of aromatic nitrogens is 1. The predicted octanol–water partition coefficient (Wildman–Crippen LogP) is 2.35. The van der Waals surface area contributed by atoms with Gasteiger partial charge in [0.1, 0.15) is 17.6 Å². The first-order chi connectivity index (χ1) is 7.19. The number of hydrogen-bond acceptors (Lipinski definition) is 3. The minimum Gasteiger partial charge on any atom is -0.350 e. The van der Waals surface area contributed by atoms with Gasteiger partial charge in [0, 0.05) is 12.6 Å². The first-order valence-corrected chi connectivity index (χ1v) is 4.93. The summed E-state index contributed by atoms with van der Waals surface area (Å²) in [5, 5.41) is 8.76. The van der Waals surface area contributed by atoms with Crippen LogP contribution in [-0.2, 0) is 0 Å². The molecule has 3 heteroatoms. The fourth-order valence-corrected chi connectivity index (χ4v) is 1.35. The van der Waals surface area contributed by atoms with Crippen molar-refractivity contribution in [3.8, 4) is 6.07 Å². The quantitative estimate of drug-likeness (QED) is 0.702. The molecule has 0 saturated carbocycles. The molecule has 0 fully saturated rings. The average Bonchev–Trinajstić information content (AvgIpc) is 2.25. The molecule has 0 aliphatic carbocycles. The van der Waals surface area contributed by atoms with Gasteiger partial charge >= 0.3 is 0 Å². The number of rotatable bonds is 4. The Balaban J connectivity index is 3.00. The molecule has 0 saturated heterocycles. The van der Waals surface area contributed by atoms with Crippen molar-refractivity contribution in [2.24, 2.45) is 0 Å². The highest BCUT2D eigenvalue weighted by Gasteiger charge is 2.10. The number of nitrogens with zero attached hydrogens (tertiary/aromatic N) is 3. The Morgan fingerprint density at radius 1 is 1.60 bits per heavy atom. The summed E-state index contributed by atoms with van der Waals surface area (Å²) in [6, 6.07) is 7.84. The van der Waals surface area contributed by atoms with Crippen molar-refractivity contribution in [3.05, 3.63) is 36.5 Å². The van der Waals surface area contributed by atoms with Crippen molar-refractivity contribution in [1.82, 2.24) is 4.98 Å². The highest BCUT2D eigenvalue weighted by molar-refractivity contribution is 5.42. The van der Waals surface area contributed by atoms with Crippen LogP contribution in [0.2, 0.25) is 0 Å². The van der Waals surface area contributed by atoms with Crippen LogP contribution >= 0.6 is 0 Å². The van der Waals surface area contributed by atoms with Gasteiger partial charge in [-0.25, -0.2) is 4.98 Å². The lowest BCUT2D eigenvalue weighted by atomic mass is 10.3. The summed E-state index contributed by atoms with van der Waals surface area (Å²) in [7, 11) is 0. The summed E-state index contributed by atoms with van der Waals surface area (Å²) >= 11 is 0. The van der Waals surface area contributed by atoms with E-state index in [2.05, 4.69) is 30.3 Å². The van der Waals surface area contributed by atoms with Crippen LogP contribution in [0.4, 0.5) is 5.82 Å². The zero-order chi connectivity index (χ0) is 11.3. The summed E-state index contributed by atoms with van der Waals surface area (Å²) < 4.78 is 0. The van der Waals surface area contributed by atoms with Crippen molar-refractivity contribution >= 4 is 5.82 Å². The molecule has 0 radical (unpaired) electrons. The van der Waals surface area contributed by atoms with Crippen LogP contribution in [0.3, 0.4) is 0 Å². The third-order valence-corrected chi connectivity index (χ3v) is 2.09. The van der Waals surface area contributed by atoms with Gasteiger partial charge in [-0.3, -0.25) is 0 Å². The van der Waals surface area contributed by atoms with Crippen molar-refractivity contribution in [2.45, 2.75) is 19.9 Å². The highest BCUT2D eigenvalue weighted by Crippen LogP contribution is 2.14. The van der Waals surface area contributed by atoms with Crippen LogP contribution in [0.25, 0.3) is 0 Å². The lowest BCUT2D eigenvalue weighted by molar-refractivity contribution is 0.712. The molecule has 1 aromatic heterocycles. The summed E-state index contributed by atoms with van der Waals surface area (Å²) in [6.45, 7) is 8.63. The SMILES string of the molecule is C=CCN(c1cccc(C#N)n1)C(C)C. The molecule has 1 heterocycles. The first kappa shape index (κ1) is 11.3. The Morgan fingerprint density at radius 2 is 2.33 bits per heavy atom. The molecule has 0 N–H and O–H groups in total. The van der Waals surface area contributed by atoms with E-state index in [1.165, 1.54) is 0 Å². The van der Waals surface area contributed by atoms with Crippen molar-refractivity contribution in [1.29, 1.82) is 5.26 Å². The Morgan fingerprint density at radius 3 is 2.87 bits per heavy atom. The second kappa shape index (κ2) is 5.16. The normalized spacial score (nSPS) is 9.73. The maximum absolute atomic E-state index is 8.76. The maximum Gasteiger partial charge on any atom is 0.142 e. The predicted molar refractivity (Wildman–Crippen MR) is 61.6 cm³/mol. The summed E-state index contributed by atoms with van der Waals surface area (Å²) in [4.78, 5) is 6.34. The molecule has 1 aromatic rings. The first-order valence-electron chi connectivity index (χ1n) is 4.93. The van der Waals surface area contributed by atoms with Crippen molar-refractivity contribution in [3.63, 3.8) is 0 Å². The van der Waals surface area contributed by atoms with Crippen LogP contribution in [0.1, 0.15) is 19.5 Å². The summed E-state index contributed by atoms with van der Waals surface area (Å²) in [5.41, 5.74) is 0.446. The standard InChI is InChI=1S/C12H15N3/c1-4-8-15(10(2)3)12-7-5-6-11(9-13)14-12/h4-7,10H,1,8H2,2-3H3. The third kappa shape index (κ3) is 2.81. The van der Waals surface area contributed by atoms with Crippen LogP contribution in [0.5, 0.6) is 0 Å². The molecule has 0 spiro atoms. The van der Waals surface area contributed by atoms with Crippen LogP contribution in [0.15, 0.2) is 30.9 Å². The van der Waals surface area contributed by atoms with Crippen LogP contribution in [-0.4, -0.2) is 17.6 Å². The Bertz CT molecular complexity index is 377. The molecule has 0 amide bonds. The van der Waals surface area contributed by atoms with E-state index in [4.69, 9.17) is 5.26 Å². The molecule has 15 heavy (non-hydrogen) atoms. The van der Waals surface area contributed by atoms with Gasteiger partial charge in [-0.05, 0) is 26.0 Å². The largest absolute Gasteiger partial charge is 0.350 e. The van der Waals surface area contributed by atoms with E-state index < -0.39 is 0 Å². The van der Waals surface area contributed by atoms with Gasteiger partial charge in [0.25, 0.3) is 0 Å². The lowest BCUT2D eigenvalue weighted by Crippen LogP contribution is -2.31. The van der Waals surface area contributed by atoms with Crippen LogP contribution in [0, 0.1) is 11.3 Å². The molecule has 3 nitrogen and oxygen atoms in total. The van der Waals surface area contributed by atoms with E-state index in [1.54, 1.807) is 6.07 Å². The van der Waals surface area contributed by atoms with Gasteiger partial charge in [0.2, 0.25) is 0 Å². The molecular formula is C12H15N3. The Hall–Kier alpha value is -1.82. The summed E-state index contributed by atoms with van der Waals surface area (Å²) in [5.74, 6) is 0.823. The molecule has 78 valence electrons. The number of pyridine rings is 1. The zero-order valence-electron chi connectivity index (χ0n) is 9.14. The zero-order valence-corrected chi connectivity index (χ0v) is 9.14. The van der Waals surface area contributed by atoms with Gasteiger partial charge < -0.3 is 4.90 Å². The Kier molecular flexibility index (Phi) is 3.87.